The Kier molecular flexibility index (Phi) is 4.08. The van der Waals surface area contributed by atoms with Gasteiger partial charge in [-0.3, -0.25) is 19.7 Å². The van der Waals surface area contributed by atoms with Crippen LogP contribution in [0.15, 0.2) is 61.3 Å². The second-order valence-corrected chi connectivity index (χ2v) is 5.80. The van der Waals surface area contributed by atoms with Crippen molar-refractivity contribution in [2.75, 3.05) is 6.54 Å². The fraction of sp³-hybridized carbons (Fsp3) is 0.158. The molecular formula is C19H16N4O2. The minimum absolute atomic E-state index is 0.0714. The predicted octanol–water partition coefficient (Wildman–Crippen LogP) is 2.27. The molecule has 1 amide bonds. The molecule has 1 atom stereocenters. The number of hydrogen-bond donors (Lipinski definition) is 1. The number of carbonyl (C=O) groups excluding carboxylic acids is 1. The Balaban J connectivity index is 1.41. The molecule has 4 rings (SSSR count). The number of nitrogens with one attached hydrogen (secondary N) is 1. The van der Waals surface area contributed by atoms with Crippen LogP contribution in [0.3, 0.4) is 0 Å². The van der Waals surface area contributed by atoms with Crippen LogP contribution >= 0.6 is 0 Å². The van der Waals surface area contributed by atoms with Crippen LogP contribution in [0.25, 0.3) is 11.3 Å². The third-order valence-electron chi connectivity index (χ3n) is 4.09. The highest BCUT2D eigenvalue weighted by molar-refractivity contribution is 5.93. The Bertz CT molecular complexity index is 884. The first-order valence-corrected chi connectivity index (χ1v) is 8.04. The maximum atomic E-state index is 12.1. The molecule has 3 heterocycles. The molecule has 2 aromatic heterocycles. The van der Waals surface area contributed by atoms with Crippen molar-refractivity contribution in [2.24, 2.45) is 0 Å². The molecule has 1 aliphatic rings. The van der Waals surface area contributed by atoms with Gasteiger partial charge in [-0.2, -0.15) is 0 Å². The zero-order valence-electron chi connectivity index (χ0n) is 13.4. The summed E-state index contributed by atoms with van der Waals surface area (Å²) in [7, 11) is 0. The van der Waals surface area contributed by atoms with Gasteiger partial charge in [0, 0.05) is 42.3 Å². The van der Waals surface area contributed by atoms with Gasteiger partial charge in [0.15, 0.2) is 0 Å². The lowest BCUT2D eigenvalue weighted by Crippen LogP contribution is -2.34. The number of amides is 1. The standard InChI is InChI=1S/C19H16N4O2/c24-19(13-3-5-20-6-4-13)23-11-16-10-15-9-14(1-2-18(15)25-16)17-12-21-7-8-22-17/h1-9,12,16H,10-11H2,(H,23,24). The lowest BCUT2D eigenvalue weighted by atomic mass is 10.0. The first kappa shape index (κ1) is 15.3. The minimum Gasteiger partial charge on any atom is -0.488 e. The van der Waals surface area contributed by atoms with Crippen molar-refractivity contribution in [3.63, 3.8) is 0 Å². The van der Waals surface area contributed by atoms with Crippen LogP contribution in [-0.2, 0) is 6.42 Å². The fourth-order valence-electron chi connectivity index (χ4n) is 2.85. The van der Waals surface area contributed by atoms with E-state index in [2.05, 4.69) is 26.3 Å². The van der Waals surface area contributed by atoms with Gasteiger partial charge < -0.3 is 10.1 Å². The van der Waals surface area contributed by atoms with Crippen molar-refractivity contribution in [3.8, 4) is 17.0 Å². The molecule has 3 aromatic rings. The molecular weight excluding hydrogens is 316 g/mol. The highest BCUT2D eigenvalue weighted by Crippen LogP contribution is 2.32. The summed E-state index contributed by atoms with van der Waals surface area (Å²) in [5.41, 5.74) is 3.55. The van der Waals surface area contributed by atoms with Gasteiger partial charge in [0.25, 0.3) is 5.91 Å². The van der Waals surface area contributed by atoms with E-state index >= 15 is 0 Å². The van der Waals surface area contributed by atoms with E-state index in [9.17, 15) is 4.79 Å². The van der Waals surface area contributed by atoms with Crippen LogP contribution < -0.4 is 10.1 Å². The van der Waals surface area contributed by atoms with Gasteiger partial charge in [0.2, 0.25) is 0 Å². The van der Waals surface area contributed by atoms with E-state index in [-0.39, 0.29) is 12.0 Å². The molecule has 6 heteroatoms. The number of rotatable bonds is 4. The molecule has 1 N–H and O–H groups in total. The van der Waals surface area contributed by atoms with Gasteiger partial charge in [-0.05, 0) is 35.9 Å². The van der Waals surface area contributed by atoms with E-state index in [1.54, 1.807) is 43.1 Å². The largest absolute Gasteiger partial charge is 0.488 e. The van der Waals surface area contributed by atoms with Crippen molar-refractivity contribution < 1.29 is 9.53 Å². The summed E-state index contributed by atoms with van der Waals surface area (Å²) in [6.45, 7) is 0.455. The van der Waals surface area contributed by atoms with Crippen LogP contribution in [0.1, 0.15) is 15.9 Å². The quantitative estimate of drug-likeness (QED) is 0.793. The van der Waals surface area contributed by atoms with Crippen LogP contribution in [0, 0.1) is 0 Å². The maximum Gasteiger partial charge on any atom is 0.251 e. The minimum atomic E-state index is -0.123. The number of nitrogens with zero attached hydrogens (tertiary/aromatic N) is 3. The van der Waals surface area contributed by atoms with Gasteiger partial charge in [-0.15, -0.1) is 0 Å². The fourth-order valence-corrected chi connectivity index (χ4v) is 2.85. The number of carbonyl (C=O) groups is 1. The maximum absolute atomic E-state index is 12.1. The Morgan fingerprint density at radius 3 is 2.80 bits per heavy atom. The first-order valence-electron chi connectivity index (χ1n) is 8.04. The molecule has 6 nitrogen and oxygen atoms in total. The number of pyridine rings is 1. The third kappa shape index (κ3) is 3.33. The Morgan fingerprint density at radius 1 is 1.12 bits per heavy atom. The van der Waals surface area contributed by atoms with Gasteiger partial charge in [-0.1, -0.05) is 0 Å². The molecule has 0 spiro atoms. The molecule has 1 unspecified atom stereocenters. The monoisotopic (exact) mass is 332 g/mol. The van der Waals surface area contributed by atoms with E-state index in [4.69, 9.17) is 4.74 Å². The van der Waals surface area contributed by atoms with E-state index < -0.39 is 0 Å². The van der Waals surface area contributed by atoms with E-state index in [1.165, 1.54) is 0 Å². The van der Waals surface area contributed by atoms with E-state index in [0.717, 1.165) is 29.0 Å². The van der Waals surface area contributed by atoms with Gasteiger partial charge in [0.05, 0.1) is 18.4 Å². The lowest BCUT2D eigenvalue weighted by molar-refractivity contribution is 0.0933. The highest BCUT2D eigenvalue weighted by Gasteiger charge is 2.24. The number of aromatic nitrogens is 3. The first-order chi connectivity index (χ1) is 12.3. The Morgan fingerprint density at radius 2 is 2.00 bits per heavy atom. The summed E-state index contributed by atoms with van der Waals surface area (Å²) in [5, 5.41) is 2.91. The molecule has 1 aliphatic heterocycles. The van der Waals surface area contributed by atoms with E-state index in [0.29, 0.717) is 12.1 Å². The average molecular weight is 332 g/mol. The normalized spacial score (nSPS) is 15.3. The van der Waals surface area contributed by atoms with Gasteiger partial charge in [0.1, 0.15) is 11.9 Å². The molecule has 0 radical (unpaired) electrons. The second-order valence-electron chi connectivity index (χ2n) is 5.80. The SMILES string of the molecule is O=C(NCC1Cc2cc(-c3cnccn3)ccc2O1)c1ccncc1. The van der Waals surface area contributed by atoms with Crippen molar-refractivity contribution in [2.45, 2.75) is 12.5 Å². The van der Waals surface area contributed by atoms with Crippen LogP contribution in [0.2, 0.25) is 0 Å². The molecule has 0 saturated heterocycles. The number of ether oxygens (including phenoxy) is 1. The van der Waals surface area contributed by atoms with Crippen molar-refractivity contribution >= 4 is 5.91 Å². The van der Waals surface area contributed by atoms with Crippen LogP contribution in [-0.4, -0.2) is 33.5 Å². The summed E-state index contributed by atoms with van der Waals surface area (Å²) in [6, 6.07) is 9.37. The predicted molar refractivity (Wildman–Crippen MR) is 92.2 cm³/mol. The average Bonchev–Trinajstić information content (AvgIpc) is 3.09. The second kappa shape index (κ2) is 6.68. The molecule has 124 valence electrons. The molecule has 0 bridgehead atoms. The molecule has 0 aliphatic carbocycles. The molecule has 0 saturated carbocycles. The zero-order valence-corrected chi connectivity index (χ0v) is 13.4. The third-order valence-corrected chi connectivity index (χ3v) is 4.09. The summed E-state index contributed by atoms with van der Waals surface area (Å²) < 4.78 is 5.92. The van der Waals surface area contributed by atoms with Crippen molar-refractivity contribution in [3.05, 3.63) is 72.4 Å². The smallest absolute Gasteiger partial charge is 0.251 e. The summed E-state index contributed by atoms with van der Waals surface area (Å²) in [5.74, 6) is 0.734. The summed E-state index contributed by atoms with van der Waals surface area (Å²) in [4.78, 5) is 24.4. The Labute approximate surface area is 144 Å². The summed E-state index contributed by atoms with van der Waals surface area (Å²) in [6.07, 6.45) is 8.95. The highest BCUT2D eigenvalue weighted by atomic mass is 16.5. The molecule has 1 aromatic carbocycles. The Hall–Kier alpha value is -3.28. The van der Waals surface area contributed by atoms with Gasteiger partial charge >= 0.3 is 0 Å². The number of fused-ring (bicyclic) bond motifs is 1. The van der Waals surface area contributed by atoms with Crippen LogP contribution in [0.4, 0.5) is 0 Å². The van der Waals surface area contributed by atoms with E-state index in [1.807, 2.05) is 12.1 Å². The lowest BCUT2D eigenvalue weighted by Gasteiger charge is -2.11. The topological polar surface area (TPSA) is 77.0 Å². The number of hydrogen-bond acceptors (Lipinski definition) is 5. The van der Waals surface area contributed by atoms with Crippen molar-refractivity contribution in [1.29, 1.82) is 0 Å². The van der Waals surface area contributed by atoms with Crippen molar-refractivity contribution in [1.82, 2.24) is 20.3 Å². The zero-order chi connectivity index (χ0) is 17.1. The van der Waals surface area contributed by atoms with Crippen LogP contribution in [0.5, 0.6) is 5.75 Å². The van der Waals surface area contributed by atoms with Gasteiger partial charge in [-0.25, -0.2) is 0 Å². The molecule has 0 fully saturated rings. The summed E-state index contributed by atoms with van der Waals surface area (Å²) >= 11 is 0. The molecule has 25 heavy (non-hydrogen) atoms. The number of benzene rings is 1.